The molecule has 0 saturated carbocycles. The number of rotatable bonds is 0. The first kappa shape index (κ1) is 11.5. The number of aromatic nitrogens is 2. The molecular formula is C8H3BrCl3FN2. The third-order valence-corrected chi connectivity index (χ3v) is 3.01. The van der Waals surface area contributed by atoms with Gasteiger partial charge >= 0.3 is 0 Å². The Labute approximate surface area is 108 Å². The van der Waals surface area contributed by atoms with Gasteiger partial charge in [-0.2, -0.15) is 0 Å². The summed E-state index contributed by atoms with van der Waals surface area (Å²) < 4.78 is 12.3. The topological polar surface area (TPSA) is 28.7 Å². The zero-order valence-corrected chi connectivity index (χ0v) is 10.8. The van der Waals surface area contributed by atoms with E-state index in [2.05, 4.69) is 25.9 Å². The normalized spacial score (nSPS) is 12.3. The van der Waals surface area contributed by atoms with Gasteiger partial charge in [-0.05, 0) is 28.1 Å². The molecule has 2 rings (SSSR count). The van der Waals surface area contributed by atoms with E-state index in [-0.39, 0.29) is 11.3 Å². The first-order valence-corrected chi connectivity index (χ1v) is 5.73. The molecule has 1 aromatic heterocycles. The molecule has 80 valence electrons. The lowest BCUT2D eigenvalue weighted by Crippen LogP contribution is -2.02. The fourth-order valence-electron chi connectivity index (χ4n) is 1.16. The molecule has 7 heteroatoms. The number of H-pyrrole nitrogens is 1. The molecule has 0 bridgehead atoms. The summed E-state index contributed by atoms with van der Waals surface area (Å²) in [6.45, 7) is 0. The maximum absolute atomic E-state index is 13.3. The van der Waals surface area contributed by atoms with Crippen LogP contribution in [0.15, 0.2) is 16.6 Å². The van der Waals surface area contributed by atoms with E-state index in [1.807, 2.05) is 0 Å². The number of hydrogen-bond donors (Lipinski definition) is 1. The molecule has 1 heterocycles. The maximum atomic E-state index is 13.3. The van der Waals surface area contributed by atoms with Gasteiger partial charge in [-0.3, -0.25) is 0 Å². The molecule has 0 atom stereocenters. The van der Waals surface area contributed by atoms with E-state index >= 15 is 0 Å². The highest BCUT2D eigenvalue weighted by atomic mass is 79.9. The van der Waals surface area contributed by atoms with Crippen molar-refractivity contribution in [3.63, 3.8) is 0 Å². The predicted octanol–water partition coefficient (Wildman–Crippen LogP) is 4.29. The first-order chi connectivity index (χ1) is 6.89. The Kier molecular flexibility index (Phi) is 2.88. The van der Waals surface area contributed by atoms with Crippen molar-refractivity contribution in [2.24, 2.45) is 0 Å². The van der Waals surface area contributed by atoms with Crippen LogP contribution >= 0.6 is 50.7 Å². The zero-order valence-electron chi connectivity index (χ0n) is 6.99. The fourth-order valence-corrected chi connectivity index (χ4v) is 1.85. The Hall–Kier alpha value is -0.0300. The molecule has 1 N–H and O–H groups in total. The van der Waals surface area contributed by atoms with Crippen molar-refractivity contribution in [3.8, 4) is 0 Å². The molecule has 0 spiro atoms. The SMILES string of the molecule is Fc1ccc(Br)c2[nH]c(C(Cl)(Cl)Cl)nc12. The van der Waals surface area contributed by atoms with Gasteiger partial charge in [0.05, 0.1) is 5.52 Å². The van der Waals surface area contributed by atoms with E-state index in [0.717, 1.165) is 0 Å². The highest BCUT2D eigenvalue weighted by molar-refractivity contribution is 9.10. The summed E-state index contributed by atoms with van der Waals surface area (Å²) in [5.74, 6) is -0.377. The second kappa shape index (κ2) is 3.77. The van der Waals surface area contributed by atoms with Crippen LogP contribution in [0, 0.1) is 5.82 Å². The molecule has 0 aliphatic carbocycles. The Morgan fingerprint density at radius 1 is 1.33 bits per heavy atom. The van der Waals surface area contributed by atoms with Crippen molar-refractivity contribution in [1.29, 1.82) is 0 Å². The summed E-state index contributed by atoms with van der Waals surface area (Å²) >= 11 is 20.1. The van der Waals surface area contributed by atoms with E-state index in [1.165, 1.54) is 6.07 Å². The molecule has 0 fully saturated rings. The minimum Gasteiger partial charge on any atom is -0.337 e. The molecule has 0 radical (unpaired) electrons. The molecule has 0 saturated heterocycles. The number of benzene rings is 1. The van der Waals surface area contributed by atoms with Crippen molar-refractivity contribution in [2.75, 3.05) is 0 Å². The van der Waals surface area contributed by atoms with Crippen LogP contribution in [0.5, 0.6) is 0 Å². The van der Waals surface area contributed by atoms with Crippen LogP contribution in [-0.4, -0.2) is 9.97 Å². The van der Waals surface area contributed by atoms with Gasteiger partial charge in [-0.25, -0.2) is 9.37 Å². The summed E-state index contributed by atoms with van der Waals surface area (Å²) in [6, 6.07) is 2.84. The van der Waals surface area contributed by atoms with Crippen molar-refractivity contribution >= 4 is 61.8 Å². The standard InChI is InChI=1S/C8H3BrCl3FN2/c9-3-1-2-4(13)6-5(3)14-7(15-6)8(10,11)12/h1-2H,(H,14,15). The minimum atomic E-state index is -1.69. The average molecular weight is 332 g/mol. The second-order valence-electron chi connectivity index (χ2n) is 2.84. The fraction of sp³-hybridized carbons (Fsp3) is 0.125. The van der Waals surface area contributed by atoms with Gasteiger partial charge in [0.15, 0.2) is 11.6 Å². The lowest BCUT2D eigenvalue weighted by Gasteiger charge is -2.04. The van der Waals surface area contributed by atoms with Gasteiger partial charge < -0.3 is 4.98 Å². The summed E-state index contributed by atoms with van der Waals surface area (Å²) in [6.07, 6.45) is 0. The van der Waals surface area contributed by atoms with Gasteiger partial charge in [0.1, 0.15) is 5.52 Å². The van der Waals surface area contributed by atoms with E-state index in [4.69, 9.17) is 34.8 Å². The quantitative estimate of drug-likeness (QED) is 0.716. The molecule has 0 aliphatic rings. The Bertz CT molecular complexity index is 481. The van der Waals surface area contributed by atoms with Gasteiger partial charge in [-0.15, -0.1) is 0 Å². The molecule has 0 unspecified atom stereocenters. The third kappa shape index (κ3) is 2.09. The van der Waals surface area contributed by atoms with E-state index in [1.54, 1.807) is 6.07 Å². The Morgan fingerprint density at radius 3 is 2.53 bits per heavy atom. The number of alkyl halides is 3. The van der Waals surface area contributed by atoms with E-state index in [0.29, 0.717) is 9.99 Å². The number of hydrogen-bond acceptors (Lipinski definition) is 1. The molecule has 0 amide bonds. The van der Waals surface area contributed by atoms with Gasteiger partial charge in [0, 0.05) is 4.47 Å². The smallest absolute Gasteiger partial charge is 0.248 e. The number of imidazole rings is 1. The van der Waals surface area contributed by atoms with Crippen molar-refractivity contribution in [2.45, 2.75) is 3.79 Å². The maximum Gasteiger partial charge on any atom is 0.248 e. The molecule has 1 aromatic carbocycles. The lowest BCUT2D eigenvalue weighted by molar-refractivity contribution is 0.637. The number of halogens is 5. The second-order valence-corrected chi connectivity index (χ2v) is 5.97. The van der Waals surface area contributed by atoms with Crippen molar-refractivity contribution in [3.05, 3.63) is 28.2 Å². The summed E-state index contributed by atoms with van der Waals surface area (Å²) in [5.41, 5.74) is 0.613. The highest BCUT2D eigenvalue weighted by Crippen LogP contribution is 2.38. The predicted molar refractivity (Wildman–Crippen MR) is 63.0 cm³/mol. The lowest BCUT2D eigenvalue weighted by atomic mass is 10.3. The molecule has 2 nitrogen and oxygen atoms in total. The van der Waals surface area contributed by atoms with Crippen LogP contribution in [0.1, 0.15) is 5.82 Å². The van der Waals surface area contributed by atoms with Gasteiger partial charge in [0.25, 0.3) is 0 Å². The Balaban J connectivity index is 2.76. The van der Waals surface area contributed by atoms with Crippen LogP contribution < -0.4 is 0 Å². The number of nitrogens with one attached hydrogen (secondary N) is 1. The average Bonchev–Trinajstić information content (AvgIpc) is 2.56. The molecule has 0 aliphatic heterocycles. The van der Waals surface area contributed by atoms with E-state index in [9.17, 15) is 4.39 Å². The van der Waals surface area contributed by atoms with Crippen LogP contribution in [0.3, 0.4) is 0 Å². The first-order valence-electron chi connectivity index (χ1n) is 3.80. The third-order valence-electron chi connectivity index (χ3n) is 1.81. The molecule has 15 heavy (non-hydrogen) atoms. The van der Waals surface area contributed by atoms with Crippen molar-refractivity contribution < 1.29 is 4.39 Å². The van der Waals surface area contributed by atoms with E-state index < -0.39 is 9.61 Å². The summed E-state index contributed by atoms with van der Waals surface area (Å²) in [7, 11) is 0. The molecule has 2 aromatic rings. The number of fused-ring (bicyclic) bond motifs is 1. The van der Waals surface area contributed by atoms with Crippen LogP contribution in [0.2, 0.25) is 0 Å². The Morgan fingerprint density at radius 2 is 2.00 bits per heavy atom. The minimum absolute atomic E-state index is 0.0910. The van der Waals surface area contributed by atoms with Crippen LogP contribution in [0.4, 0.5) is 4.39 Å². The van der Waals surface area contributed by atoms with Gasteiger partial charge in [0.2, 0.25) is 3.79 Å². The van der Waals surface area contributed by atoms with Gasteiger partial charge in [-0.1, -0.05) is 34.8 Å². The largest absolute Gasteiger partial charge is 0.337 e. The van der Waals surface area contributed by atoms with Crippen LogP contribution in [0.25, 0.3) is 11.0 Å². The summed E-state index contributed by atoms with van der Waals surface area (Å²) in [4.78, 5) is 6.64. The number of aromatic amines is 1. The highest BCUT2D eigenvalue weighted by Gasteiger charge is 2.28. The number of nitrogens with zero attached hydrogens (tertiary/aromatic N) is 1. The summed E-state index contributed by atoms with van der Waals surface area (Å²) in [5, 5.41) is 0. The van der Waals surface area contributed by atoms with Crippen LogP contribution in [-0.2, 0) is 3.79 Å². The molecular weight excluding hydrogens is 329 g/mol. The van der Waals surface area contributed by atoms with Crippen molar-refractivity contribution in [1.82, 2.24) is 9.97 Å². The monoisotopic (exact) mass is 330 g/mol. The zero-order chi connectivity index (χ0) is 11.2.